The second kappa shape index (κ2) is 12.8. The van der Waals surface area contributed by atoms with Crippen LogP contribution in [0.1, 0.15) is 51.5 Å². The third kappa shape index (κ3) is 7.82. The Hall–Kier alpha value is -1.56. The van der Waals surface area contributed by atoms with Gasteiger partial charge in [-0.2, -0.15) is 0 Å². The van der Waals surface area contributed by atoms with E-state index in [-0.39, 0.29) is 6.61 Å². The molecule has 1 aromatic rings. The zero-order valence-electron chi connectivity index (χ0n) is 17.9. The van der Waals surface area contributed by atoms with Crippen molar-refractivity contribution >= 4 is 0 Å². The molecule has 1 atom stereocenters. The summed E-state index contributed by atoms with van der Waals surface area (Å²) in [4.78, 5) is 2.18. The molecule has 5 nitrogen and oxygen atoms in total. The van der Waals surface area contributed by atoms with Crippen molar-refractivity contribution in [1.29, 1.82) is 0 Å². The Morgan fingerprint density at radius 2 is 2.00 bits per heavy atom. The number of likely N-dealkylation sites (N-methyl/N-ethyl adjacent to an activating group) is 1. The van der Waals surface area contributed by atoms with Crippen molar-refractivity contribution in [3.63, 3.8) is 0 Å². The highest BCUT2D eigenvalue weighted by Crippen LogP contribution is 2.28. The number of nitrogens with zero attached hydrogens (tertiary/aromatic N) is 1. The van der Waals surface area contributed by atoms with Gasteiger partial charge in [-0.05, 0) is 69.4 Å². The second-order valence-corrected chi connectivity index (χ2v) is 7.47. The fourth-order valence-corrected chi connectivity index (χ4v) is 3.57. The van der Waals surface area contributed by atoms with Gasteiger partial charge in [-0.1, -0.05) is 31.6 Å². The Bertz CT molecular complexity index is 600. The predicted molar refractivity (Wildman–Crippen MR) is 115 cm³/mol. The smallest absolute Gasteiger partial charge is 0.161 e. The van der Waals surface area contributed by atoms with E-state index in [1.807, 2.05) is 12.1 Å². The van der Waals surface area contributed by atoms with E-state index in [2.05, 4.69) is 36.2 Å². The third-order valence-corrected chi connectivity index (χ3v) is 5.36. The normalized spacial score (nSPS) is 15.4. The molecule has 2 rings (SSSR count). The summed E-state index contributed by atoms with van der Waals surface area (Å²) in [5, 5.41) is 13.7. The number of aliphatic hydroxyl groups excluding tert-OH is 1. The molecule has 0 bridgehead atoms. The summed E-state index contributed by atoms with van der Waals surface area (Å²) >= 11 is 0. The summed E-state index contributed by atoms with van der Waals surface area (Å²) < 4.78 is 11.3. The maximum Gasteiger partial charge on any atom is 0.161 e. The van der Waals surface area contributed by atoms with Gasteiger partial charge in [-0.3, -0.25) is 0 Å². The van der Waals surface area contributed by atoms with Crippen LogP contribution in [0.2, 0.25) is 0 Å². The lowest BCUT2D eigenvalue weighted by Crippen LogP contribution is -2.35. The molecule has 0 radical (unpaired) electrons. The van der Waals surface area contributed by atoms with Crippen molar-refractivity contribution in [3.05, 3.63) is 35.4 Å². The predicted octanol–water partition coefficient (Wildman–Crippen LogP) is 3.76. The van der Waals surface area contributed by atoms with Crippen molar-refractivity contribution in [2.75, 3.05) is 39.9 Å². The van der Waals surface area contributed by atoms with Crippen LogP contribution in [0, 0.1) is 0 Å². The van der Waals surface area contributed by atoms with E-state index in [1.54, 1.807) is 12.7 Å². The molecule has 0 saturated heterocycles. The van der Waals surface area contributed by atoms with Gasteiger partial charge in [0.25, 0.3) is 0 Å². The van der Waals surface area contributed by atoms with E-state index < -0.39 is 6.10 Å². The van der Waals surface area contributed by atoms with Crippen molar-refractivity contribution in [1.82, 2.24) is 10.2 Å². The molecule has 0 aromatic heterocycles. The molecule has 2 N–H and O–H groups in total. The van der Waals surface area contributed by atoms with Gasteiger partial charge in [-0.25, -0.2) is 0 Å². The van der Waals surface area contributed by atoms with Gasteiger partial charge in [0.05, 0.1) is 7.11 Å². The number of ether oxygens (including phenoxy) is 2. The molecule has 0 amide bonds. The van der Waals surface area contributed by atoms with Crippen molar-refractivity contribution in [3.8, 4) is 11.5 Å². The number of allylic oxidation sites excluding steroid dienone is 1. The number of methoxy groups -OCH3 is 1. The minimum atomic E-state index is -0.514. The van der Waals surface area contributed by atoms with E-state index in [9.17, 15) is 5.11 Å². The van der Waals surface area contributed by atoms with Crippen LogP contribution in [0.25, 0.3) is 0 Å². The number of aliphatic hydroxyl groups is 1. The molecule has 158 valence electrons. The van der Waals surface area contributed by atoms with Gasteiger partial charge >= 0.3 is 0 Å². The van der Waals surface area contributed by atoms with E-state index in [0.717, 1.165) is 32.6 Å². The zero-order chi connectivity index (χ0) is 20.2. The Balaban J connectivity index is 1.78. The van der Waals surface area contributed by atoms with Crippen molar-refractivity contribution < 1.29 is 14.6 Å². The average Bonchev–Trinajstić information content (AvgIpc) is 2.74. The van der Waals surface area contributed by atoms with Gasteiger partial charge in [-0.15, -0.1) is 0 Å². The molecule has 0 heterocycles. The minimum Gasteiger partial charge on any atom is -0.493 e. The van der Waals surface area contributed by atoms with E-state index in [4.69, 9.17) is 9.47 Å². The summed E-state index contributed by atoms with van der Waals surface area (Å²) in [6.45, 7) is 8.75. The zero-order valence-corrected chi connectivity index (χ0v) is 17.9. The highest BCUT2D eigenvalue weighted by molar-refractivity contribution is 5.43. The number of hydrogen-bond acceptors (Lipinski definition) is 5. The number of nitrogens with one attached hydrogen (secondary N) is 1. The van der Waals surface area contributed by atoms with E-state index >= 15 is 0 Å². The first-order chi connectivity index (χ1) is 13.7. The SMILES string of the molecule is CCN(CC)C[C@H](O)COc1ccc(CNCCC2=CCCCC2)cc1OC. The first-order valence-corrected chi connectivity index (χ1v) is 10.7. The van der Waals surface area contributed by atoms with Gasteiger partial charge in [0.15, 0.2) is 11.5 Å². The maximum atomic E-state index is 10.2. The van der Waals surface area contributed by atoms with Crippen molar-refractivity contribution in [2.24, 2.45) is 0 Å². The largest absolute Gasteiger partial charge is 0.493 e. The lowest BCUT2D eigenvalue weighted by molar-refractivity contribution is 0.0705. The van der Waals surface area contributed by atoms with Crippen LogP contribution in [0.4, 0.5) is 0 Å². The van der Waals surface area contributed by atoms with Crippen LogP contribution in [0.15, 0.2) is 29.8 Å². The van der Waals surface area contributed by atoms with Crippen LogP contribution < -0.4 is 14.8 Å². The van der Waals surface area contributed by atoms with E-state index in [0.29, 0.717) is 18.0 Å². The Kier molecular flexibility index (Phi) is 10.4. The summed E-state index contributed by atoms with van der Waals surface area (Å²) in [6, 6.07) is 6.00. The van der Waals surface area contributed by atoms with E-state index in [1.165, 1.54) is 31.2 Å². The monoisotopic (exact) mass is 390 g/mol. The topological polar surface area (TPSA) is 54.0 Å². The molecule has 1 aromatic carbocycles. The molecular weight excluding hydrogens is 352 g/mol. The summed E-state index contributed by atoms with van der Waals surface area (Å²) in [5.74, 6) is 1.39. The first-order valence-electron chi connectivity index (χ1n) is 10.7. The quantitative estimate of drug-likeness (QED) is 0.397. The average molecular weight is 391 g/mol. The van der Waals surface area contributed by atoms with Gasteiger partial charge in [0, 0.05) is 13.1 Å². The summed E-state index contributed by atoms with van der Waals surface area (Å²) in [5.41, 5.74) is 2.77. The molecule has 1 aliphatic rings. The molecule has 0 aliphatic heterocycles. The summed E-state index contributed by atoms with van der Waals surface area (Å²) in [7, 11) is 1.65. The second-order valence-electron chi connectivity index (χ2n) is 7.47. The fourth-order valence-electron chi connectivity index (χ4n) is 3.57. The lowest BCUT2D eigenvalue weighted by Gasteiger charge is -2.22. The molecule has 0 spiro atoms. The lowest BCUT2D eigenvalue weighted by atomic mass is 9.97. The standard InChI is InChI=1S/C23H38N2O3/c1-4-25(5-2)17-21(26)18-28-22-12-11-20(15-23(22)27-3)16-24-14-13-19-9-7-6-8-10-19/h9,11-12,15,21,24,26H,4-8,10,13-14,16-18H2,1-3H3/t21-/m0/s1. The van der Waals surface area contributed by atoms with Crippen LogP contribution in [-0.2, 0) is 6.54 Å². The molecular formula is C23H38N2O3. The Morgan fingerprint density at radius 3 is 2.68 bits per heavy atom. The van der Waals surface area contributed by atoms with Gasteiger partial charge in [0.2, 0.25) is 0 Å². The van der Waals surface area contributed by atoms with Crippen LogP contribution in [0.5, 0.6) is 11.5 Å². The Labute approximate surface area is 170 Å². The molecule has 28 heavy (non-hydrogen) atoms. The van der Waals surface area contributed by atoms with Crippen LogP contribution in [0.3, 0.4) is 0 Å². The molecule has 0 unspecified atom stereocenters. The van der Waals surface area contributed by atoms with Crippen molar-refractivity contribution in [2.45, 2.75) is 58.6 Å². The Morgan fingerprint density at radius 1 is 1.18 bits per heavy atom. The third-order valence-electron chi connectivity index (χ3n) is 5.36. The summed E-state index contributed by atoms with van der Waals surface area (Å²) in [6.07, 6.45) is 8.24. The number of rotatable bonds is 13. The molecule has 0 fully saturated rings. The highest BCUT2D eigenvalue weighted by atomic mass is 16.5. The number of hydrogen-bond donors (Lipinski definition) is 2. The van der Waals surface area contributed by atoms with Crippen LogP contribution in [-0.4, -0.2) is 56.0 Å². The minimum absolute atomic E-state index is 0.263. The maximum absolute atomic E-state index is 10.2. The van der Waals surface area contributed by atoms with Gasteiger partial charge in [0.1, 0.15) is 12.7 Å². The molecule has 1 aliphatic carbocycles. The first kappa shape index (κ1) is 22.7. The number of benzene rings is 1. The fraction of sp³-hybridized carbons (Fsp3) is 0.652. The molecule has 5 heteroatoms. The molecule has 0 saturated carbocycles. The highest BCUT2D eigenvalue weighted by Gasteiger charge is 2.12. The van der Waals surface area contributed by atoms with Gasteiger partial charge < -0.3 is 24.8 Å². The van der Waals surface area contributed by atoms with Crippen LogP contribution >= 0.6 is 0 Å².